The average Bonchev–Trinajstić information content (AvgIpc) is 3.74. The van der Waals surface area contributed by atoms with Gasteiger partial charge in [0, 0.05) is 63.1 Å². The topological polar surface area (TPSA) is 112 Å². The van der Waals surface area contributed by atoms with Crippen molar-refractivity contribution in [3.63, 3.8) is 0 Å². The molecule has 0 bridgehead atoms. The smallest absolute Gasteiger partial charge is 0.289 e. The molecule has 2 aliphatic heterocycles. The fraction of sp³-hybridized carbons (Fsp3) is 0.606. The number of imidazole rings is 1. The second-order valence-electron chi connectivity index (χ2n) is 13.1. The van der Waals surface area contributed by atoms with Crippen molar-refractivity contribution >= 4 is 23.4 Å². The van der Waals surface area contributed by atoms with Gasteiger partial charge in [0.05, 0.1) is 6.04 Å². The summed E-state index contributed by atoms with van der Waals surface area (Å²) in [6.07, 6.45) is 16.6. The van der Waals surface area contributed by atoms with Crippen molar-refractivity contribution in [3.8, 4) is 0 Å². The SMILES string of the molecule is Cn1ccnc1C(=O)N1CCC(N[C@H](Cc2ccc(Cl)cc2)C(=O)N2CCC(Cc3nc[nH]n3)(C3CCCCC3)CC2)CC1. The molecule has 2 amide bonds. The Kier molecular flexibility index (Phi) is 9.66. The van der Waals surface area contributed by atoms with Crippen LogP contribution in [0.2, 0.25) is 5.02 Å². The molecule has 2 aromatic heterocycles. The van der Waals surface area contributed by atoms with Crippen molar-refractivity contribution in [2.45, 2.75) is 82.7 Å². The number of carbonyl (C=O) groups excluding carboxylic acids is 2. The molecule has 1 saturated carbocycles. The molecule has 1 atom stereocenters. The maximum atomic E-state index is 14.2. The van der Waals surface area contributed by atoms with Gasteiger partial charge < -0.3 is 19.7 Å². The standard InChI is InChI=1S/C33H45ClN8O2/c1-40-20-15-35-30(40)32(44)41-16-11-27(12-17-41)38-28(21-24-7-9-26(34)10-8-24)31(43)42-18-13-33(14-19-42,22-29-36-23-37-39-29)25-5-3-2-4-6-25/h7-10,15,20,23,25,27-28,38H,2-6,11-14,16-19,21-22H2,1H3,(H,36,37,39)/t28-/m1/s1. The van der Waals surface area contributed by atoms with Gasteiger partial charge in [-0.1, -0.05) is 43.0 Å². The number of aromatic amines is 1. The fourth-order valence-corrected chi connectivity index (χ4v) is 7.92. The number of H-pyrrole nitrogens is 1. The monoisotopic (exact) mass is 620 g/mol. The zero-order valence-electron chi connectivity index (χ0n) is 25.8. The van der Waals surface area contributed by atoms with E-state index in [0.717, 1.165) is 56.6 Å². The number of halogens is 1. The number of piperidine rings is 2. The largest absolute Gasteiger partial charge is 0.341 e. The summed E-state index contributed by atoms with van der Waals surface area (Å²) in [4.78, 5) is 39.9. The van der Waals surface area contributed by atoms with Crippen LogP contribution in [0.4, 0.5) is 0 Å². The van der Waals surface area contributed by atoms with E-state index in [1.54, 1.807) is 23.3 Å². The highest BCUT2D eigenvalue weighted by molar-refractivity contribution is 6.30. The second kappa shape index (κ2) is 13.8. The number of aryl methyl sites for hydroxylation is 1. The summed E-state index contributed by atoms with van der Waals surface area (Å²) in [6.45, 7) is 2.80. The molecule has 0 radical (unpaired) electrons. The molecular weight excluding hydrogens is 576 g/mol. The second-order valence-corrected chi connectivity index (χ2v) is 13.5. The van der Waals surface area contributed by atoms with E-state index in [1.165, 1.54) is 32.1 Å². The van der Waals surface area contributed by atoms with Crippen molar-refractivity contribution in [1.82, 2.24) is 39.8 Å². The van der Waals surface area contributed by atoms with Gasteiger partial charge in [-0.25, -0.2) is 9.97 Å². The predicted molar refractivity (Wildman–Crippen MR) is 169 cm³/mol. The molecule has 44 heavy (non-hydrogen) atoms. The van der Waals surface area contributed by atoms with E-state index in [0.29, 0.717) is 36.3 Å². The molecule has 1 aliphatic carbocycles. The zero-order valence-corrected chi connectivity index (χ0v) is 26.5. The first-order valence-corrected chi connectivity index (χ1v) is 16.7. The van der Waals surface area contributed by atoms with E-state index in [4.69, 9.17) is 11.6 Å². The molecule has 10 nitrogen and oxygen atoms in total. The number of nitrogens with zero attached hydrogens (tertiary/aromatic N) is 6. The van der Waals surface area contributed by atoms with Gasteiger partial charge in [0.1, 0.15) is 6.33 Å². The summed E-state index contributed by atoms with van der Waals surface area (Å²) in [7, 11) is 1.84. The van der Waals surface area contributed by atoms with Crippen LogP contribution in [0.1, 0.15) is 79.8 Å². The molecule has 1 aromatic carbocycles. The van der Waals surface area contributed by atoms with E-state index < -0.39 is 0 Å². The number of amides is 2. The molecule has 0 spiro atoms. The van der Waals surface area contributed by atoms with Crippen LogP contribution in [-0.2, 0) is 24.7 Å². The number of aromatic nitrogens is 5. The molecule has 2 N–H and O–H groups in total. The zero-order chi connectivity index (χ0) is 30.5. The van der Waals surface area contributed by atoms with Crippen LogP contribution in [0.25, 0.3) is 0 Å². The number of rotatable bonds is 9. The average molecular weight is 621 g/mol. The van der Waals surface area contributed by atoms with E-state index in [1.807, 2.05) is 36.2 Å². The van der Waals surface area contributed by atoms with Crippen molar-refractivity contribution in [3.05, 3.63) is 65.2 Å². The minimum absolute atomic E-state index is 0.0375. The molecule has 6 rings (SSSR count). The molecule has 11 heteroatoms. The number of likely N-dealkylation sites (tertiary alicyclic amines) is 2. The Bertz CT molecular complexity index is 1370. The maximum Gasteiger partial charge on any atom is 0.289 e. The van der Waals surface area contributed by atoms with Crippen molar-refractivity contribution < 1.29 is 9.59 Å². The van der Waals surface area contributed by atoms with Gasteiger partial charge in [-0.3, -0.25) is 14.7 Å². The molecule has 0 unspecified atom stereocenters. The van der Waals surface area contributed by atoms with Crippen LogP contribution in [0.15, 0.2) is 43.0 Å². The lowest BCUT2D eigenvalue weighted by Crippen LogP contribution is -2.56. The van der Waals surface area contributed by atoms with E-state index in [-0.39, 0.29) is 29.3 Å². The first-order valence-electron chi connectivity index (χ1n) is 16.3. The Labute approximate surface area is 265 Å². The van der Waals surface area contributed by atoms with Crippen LogP contribution >= 0.6 is 11.6 Å². The molecular formula is C33H45ClN8O2. The molecule has 4 heterocycles. The van der Waals surface area contributed by atoms with E-state index in [9.17, 15) is 9.59 Å². The normalized spacial score (nSPS) is 20.5. The lowest BCUT2D eigenvalue weighted by Gasteiger charge is -2.48. The van der Waals surface area contributed by atoms with E-state index in [2.05, 4.69) is 30.4 Å². The van der Waals surface area contributed by atoms with Crippen molar-refractivity contribution in [2.24, 2.45) is 18.4 Å². The Morgan fingerprint density at radius 2 is 1.73 bits per heavy atom. The molecule has 3 aliphatic rings. The van der Waals surface area contributed by atoms with Gasteiger partial charge in [-0.2, -0.15) is 5.10 Å². The highest BCUT2D eigenvalue weighted by Gasteiger charge is 2.44. The minimum atomic E-state index is -0.340. The van der Waals surface area contributed by atoms with Crippen LogP contribution < -0.4 is 5.32 Å². The van der Waals surface area contributed by atoms with Crippen molar-refractivity contribution in [1.29, 1.82) is 0 Å². The van der Waals surface area contributed by atoms with Gasteiger partial charge in [-0.15, -0.1) is 0 Å². The lowest BCUT2D eigenvalue weighted by molar-refractivity contribution is -0.137. The molecule has 3 fully saturated rings. The first kappa shape index (κ1) is 30.8. The number of benzene rings is 1. The Morgan fingerprint density at radius 3 is 2.36 bits per heavy atom. The van der Waals surface area contributed by atoms with Gasteiger partial charge in [0.15, 0.2) is 11.6 Å². The maximum absolute atomic E-state index is 14.2. The number of carbonyl (C=O) groups is 2. The van der Waals surface area contributed by atoms with Crippen LogP contribution in [0.5, 0.6) is 0 Å². The highest BCUT2D eigenvalue weighted by Crippen LogP contribution is 2.47. The summed E-state index contributed by atoms with van der Waals surface area (Å²) in [6, 6.07) is 7.62. The molecule has 3 aromatic rings. The van der Waals surface area contributed by atoms with Crippen LogP contribution in [-0.4, -0.2) is 84.6 Å². The summed E-state index contributed by atoms with van der Waals surface area (Å²) in [5.41, 5.74) is 1.23. The quantitative estimate of drug-likeness (QED) is 0.366. The highest BCUT2D eigenvalue weighted by atomic mass is 35.5. The number of hydrogen-bond donors (Lipinski definition) is 2. The van der Waals surface area contributed by atoms with Gasteiger partial charge >= 0.3 is 0 Å². The minimum Gasteiger partial charge on any atom is -0.341 e. The molecule has 236 valence electrons. The summed E-state index contributed by atoms with van der Waals surface area (Å²) in [5, 5.41) is 11.7. The lowest BCUT2D eigenvalue weighted by atomic mass is 9.62. The van der Waals surface area contributed by atoms with Gasteiger partial charge in [0.2, 0.25) is 5.91 Å². The Hall–Kier alpha value is -3.24. The third-order valence-electron chi connectivity index (χ3n) is 10.4. The summed E-state index contributed by atoms with van der Waals surface area (Å²) < 4.78 is 1.76. The molecule has 2 saturated heterocycles. The third-order valence-corrected chi connectivity index (χ3v) is 10.7. The van der Waals surface area contributed by atoms with E-state index >= 15 is 0 Å². The summed E-state index contributed by atoms with van der Waals surface area (Å²) in [5.74, 6) is 2.15. The third kappa shape index (κ3) is 7.01. The first-order chi connectivity index (χ1) is 21.4. The van der Waals surface area contributed by atoms with Gasteiger partial charge in [0.25, 0.3) is 5.91 Å². The fourth-order valence-electron chi connectivity index (χ4n) is 7.79. The van der Waals surface area contributed by atoms with Crippen LogP contribution in [0.3, 0.4) is 0 Å². The van der Waals surface area contributed by atoms with Crippen LogP contribution in [0, 0.1) is 11.3 Å². The Morgan fingerprint density at radius 1 is 1.00 bits per heavy atom. The predicted octanol–water partition coefficient (Wildman–Crippen LogP) is 4.43. The Balaban J connectivity index is 1.12. The summed E-state index contributed by atoms with van der Waals surface area (Å²) >= 11 is 6.18. The number of hydrogen-bond acceptors (Lipinski definition) is 6. The van der Waals surface area contributed by atoms with Crippen molar-refractivity contribution in [2.75, 3.05) is 26.2 Å². The van der Waals surface area contributed by atoms with Gasteiger partial charge in [-0.05, 0) is 74.0 Å². The number of nitrogens with one attached hydrogen (secondary N) is 2.